The summed E-state index contributed by atoms with van der Waals surface area (Å²) in [5, 5.41) is 0. The molecule has 0 saturated heterocycles. The second-order valence-corrected chi connectivity index (χ2v) is 7.36. The molecule has 0 radical (unpaired) electrons. The van der Waals surface area contributed by atoms with Crippen molar-refractivity contribution in [2.45, 2.75) is 56.4 Å². The number of alkyl halides is 1. The molecule has 1 atom stereocenters. The minimum atomic E-state index is 0.130. The Morgan fingerprint density at radius 2 is 1.84 bits per heavy atom. The summed E-state index contributed by atoms with van der Waals surface area (Å²) in [5.74, 6) is 0.720. The maximum atomic E-state index is 5.71. The van der Waals surface area contributed by atoms with Crippen LogP contribution in [0.25, 0.3) is 0 Å². The number of hydrogen-bond donors (Lipinski definition) is 0. The van der Waals surface area contributed by atoms with Gasteiger partial charge in [-0.25, -0.2) is 0 Å². The molecule has 0 aromatic heterocycles. The topological polar surface area (TPSA) is 9.23 Å². The molecule has 0 N–H and O–H groups in total. The highest BCUT2D eigenvalue weighted by Crippen LogP contribution is 2.44. The van der Waals surface area contributed by atoms with Crippen LogP contribution in [-0.4, -0.2) is 12.7 Å². The molecule has 0 bridgehead atoms. The summed E-state index contributed by atoms with van der Waals surface area (Å²) >= 11 is 3.83. The van der Waals surface area contributed by atoms with Crippen LogP contribution in [0.15, 0.2) is 24.3 Å². The van der Waals surface area contributed by atoms with Gasteiger partial charge in [-0.1, -0.05) is 54.0 Å². The summed E-state index contributed by atoms with van der Waals surface area (Å²) in [7, 11) is 1.85. The molecule has 2 heteroatoms. The standard InChI is InChI=1S/C17H25BrO/c1-13(2)11-14-5-7-15(8-6-14)16(18)12-17(19-3)9-4-10-17/h5-8,13,16H,4,9-12H2,1-3H3. The number of ether oxygens (including phenoxy) is 1. The molecule has 0 aliphatic heterocycles. The van der Waals surface area contributed by atoms with Crippen LogP contribution in [0.1, 0.15) is 55.5 Å². The molecule has 1 aromatic rings. The minimum Gasteiger partial charge on any atom is -0.378 e. The van der Waals surface area contributed by atoms with E-state index in [1.54, 1.807) is 0 Å². The number of benzene rings is 1. The van der Waals surface area contributed by atoms with Crippen molar-refractivity contribution in [2.24, 2.45) is 5.92 Å². The molecule has 1 fully saturated rings. The maximum absolute atomic E-state index is 5.71. The van der Waals surface area contributed by atoms with Crippen LogP contribution >= 0.6 is 15.9 Å². The zero-order valence-electron chi connectivity index (χ0n) is 12.3. The van der Waals surface area contributed by atoms with E-state index in [-0.39, 0.29) is 5.60 Å². The van der Waals surface area contributed by atoms with Gasteiger partial charge in [-0.2, -0.15) is 0 Å². The molecule has 19 heavy (non-hydrogen) atoms. The zero-order valence-corrected chi connectivity index (χ0v) is 13.9. The lowest BCUT2D eigenvalue weighted by atomic mass is 9.76. The van der Waals surface area contributed by atoms with Gasteiger partial charge in [0.2, 0.25) is 0 Å². The van der Waals surface area contributed by atoms with Crippen LogP contribution in [0.3, 0.4) is 0 Å². The van der Waals surface area contributed by atoms with Gasteiger partial charge in [-0.3, -0.25) is 0 Å². The highest BCUT2D eigenvalue weighted by Gasteiger charge is 2.38. The fourth-order valence-electron chi connectivity index (χ4n) is 2.84. The minimum absolute atomic E-state index is 0.130. The van der Waals surface area contributed by atoms with Crippen LogP contribution < -0.4 is 0 Å². The van der Waals surface area contributed by atoms with E-state index in [1.165, 1.54) is 30.4 Å². The van der Waals surface area contributed by atoms with Crippen molar-refractivity contribution in [3.8, 4) is 0 Å². The lowest BCUT2D eigenvalue weighted by Crippen LogP contribution is -2.39. The van der Waals surface area contributed by atoms with E-state index in [0.717, 1.165) is 18.8 Å². The van der Waals surface area contributed by atoms with Crippen LogP contribution in [0.2, 0.25) is 0 Å². The quantitative estimate of drug-likeness (QED) is 0.647. The highest BCUT2D eigenvalue weighted by atomic mass is 79.9. The summed E-state index contributed by atoms with van der Waals surface area (Å²) < 4.78 is 5.71. The predicted molar refractivity (Wildman–Crippen MR) is 84.9 cm³/mol. The van der Waals surface area contributed by atoms with Crippen molar-refractivity contribution < 1.29 is 4.74 Å². The van der Waals surface area contributed by atoms with Crippen molar-refractivity contribution in [3.05, 3.63) is 35.4 Å². The molecule has 0 amide bonds. The molecule has 0 heterocycles. The average Bonchev–Trinajstić information content (AvgIpc) is 2.34. The molecule has 1 unspecified atom stereocenters. The summed E-state index contributed by atoms with van der Waals surface area (Å²) in [4.78, 5) is 0.404. The van der Waals surface area contributed by atoms with Crippen molar-refractivity contribution in [3.63, 3.8) is 0 Å². The molecule has 1 aliphatic rings. The first-order valence-corrected chi connectivity index (χ1v) is 8.24. The van der Waals surface area contributed by atoms with Crippen LogP contribution in [-0.2, 0) is 11.2 Å². The second kappa shape index (κ2) is 6.41. The van der Waals surface area contributed by atoms with Crippen LogP contribution in [0.4, 0.5) is 0 Å². The Bertz CT molecular complexity index is 387. The van der Waals surface area contributed by atoms with E-state index in [1.807, 2.05) is 7.11 Å². The van der Waals surface area contributed by atoms with Crippen LogP contribution in [0.5, 0.6) is 0 Å². The van der Waals surface area contributed by atoms with E-state index in [9.17, 15) is 0 Å². The zero-order chi connectivity index (χ0) is 13.9. The third-order valence-electron chi connectivity index (χ3n) is 4.23. The van der Waals surface area contributed by atoms with Gasteiger partial charge in [0.1, 0.15) is 0 Å². The van der Waals surface area contributed by atoms with Gasteiger partial charge in [-0.15, -0.1) is 0 Å². The van der Waals surface area contributed by atoms with E-state index >= 15 is 0 Å². The van der Waals surface area contributed by atoms with E-state index < -0.39 is 0 Å². The Morgan fingerprint density at radius 1 is 1.21 bits per heavy atom. The van der Waals surface area contributed by atoms with Gasteiger partial charge < -0.3 is 4.74 Å². The van der Waals surface area contributed by atoms with E-state index in [4.69, 9.17) is 4.74 Å². The summed E-state index contributed by atoms with van der Waals surface area (Å²) in [6.07, 6.45) is 5.96. The second-order valence-electron chi connectivity index (χ2n) is 6.25. The summed E-state index contributed by atoms with van der Waals surface area (Å²) in [6.45, 7) is 4.53. The van der Waals surface area contributed by atoms with Gasteiger partial charge in [-0.05, 0) is 49.1 Å². The SMILES string of the molecule is COC1(CC(Br)c2ccc(CC(C)C)cc2)CCC1. The first-order chi connectivity index (χ1) is 9.04. The van der Waals surface area contributed by atoms with Crippen molar-refractivity contribution in [1.82, 2.24) is 0 Å². The molecule has 2 rings (SSSR count). The van der Waals surface area contributed by atoms with Crippen molar-refractivity contribution in [2.75, 3.05) is 7.11 Å². The van der Waals surface area contributed by atoms with Gasteiger partial charge >= 0.3 is 0 Å². The fraction of sp³-hybridized carbons (Fsp3) is 0.647. The van der Waals surface area contributed by atoms with Crippen molar-refractivity contribution in [1.29, 1.82) is 0 Å². The molecule has 1 saturated carbocycles. The number of methoxy groups -OCH3 is 1. The molecule has 1 aromatic carbocycles. The smallest absolute Gasteiger partial charge is 0.0692 e. The third-order valence-corrected chi connectivity index (χ3v) is 5.09. The van der Waals surface area contributed by atoms with Crippen molar-refractivity contribution >= 4 is 15.9 Å². The molecular weight excluding hydrogens is 300 g/mol. The monoisotopic (exact) mass is 324 g/mol. The van der Waals surface area contributed by atoms with E-state index in [0.29, 0.717) is 4.83 Å². The largest absolute Gasteiger partial charge is 0.378 e. The van der Waals surface area contributed by atoms with Gasteiger partial charge in [0.05, 0.1) is 5.60 Å². The summed E-state index contributed by atoms with van der Waals surface area (Å²) in [6, 6.07) is 9.06. The predicted octanol–water partition coefficient (Wildman–Crippen LogP) is 5.28. The fourth-order valence-corrected chi connectivity index (χ4v) is 3.74. The Kier molecular flexibility index (Phi) is 5.08. The number of hydrogen-bond acceptors (Lipinski definition) is 1. The molecular formula is C17H25BrO. The molecule has 1 nitrogen and oxygen atoms in total. The first-order valence-electron chi connectivity index (χ1n) is 7.33. The molecule has 1 aliphatic carbocycles. The lowest BCUT2D eigenvalue weighted by molar-refractivity contribution is -0.0773. The normalized spacial score (nSPS) is 19.2. The Balaban J connectivity index is 1.97. The highest BCUT2D eigenvalue weighted by molar-refractivity contribution is 9.09. The Hall–Kier alpha value is -0.340. The first kappa shape index (κ1) is 15.1. The third kappa shape index (κ3) is 3.82. The Morgan fingerprint density at radius 3 is 2.26 bits per heavy atom. The summed E-state index contributed by atoms with van der Waals surface area (Å²) in [5.41, 5.74) is 2.93. The van der Waals surface area contributed by atoms with E-state index in [2.05, 4.69) is 54.0 Å². The van der Waals surface area contributed by atoms with Gasteiger partial charge in [0.15, 0.2) is 0 Å². The maximum Gasteiger partial charge on any atom is 0.0692 e. The average molecular weight is 325 g/mol. The molecule has 0 spiro atoms. The van der Waals surface area contributed by atoms with Gasteiger partial charge in [0.25, 0.3) is 0 Å². The lowest BCUT2D eigenvalue weighted by Gasteiger charge is -2.42. The number of halogens is 1. The number of rotatable bonds is 6. The Labute approximate surface area is 125 Å². The van der Waals surface area contributed by atoms with Crippen LogP contribution in [0, 0.1) is 5.92 Å². The molecule has 106 valence electrons. The van der Waals surface area contributed by atoms with Gasteiger partial charge in [0, 0.05) is 11.9 Å².